The van der Waals surface area contributed by atoms with E-state index in [-0.39, 0.29) is 6.04 Å². The summed E-state index contributed by atoms with van der Waals surface area (Å²) < 4.78 is 0.435. The molecule has 24 heavy (non-hydrogen) atoms. The average molecular weight is 366 g/mol. The van der Waals surface area contributed by atoms with Crippen molar-refractivity contribution in [1.29, 1.82) is 0 Å². The van der Waals surface area contributed by atoms with Crippen LogP contribution in [0, 0.1) is 5.92 Å². The Hall–Kier alpha value is -0.160. The molecule has 0 aromatic heterocycles. The van der Waals surface area contributed by atoms with Gasteiger partial charge in [-0.25, -0.2) is 0 Å². The molecule has 0 radical (unpaired) electrons. The van der Waals surface area contributed by atoms with Crippen LogP contribution in [-0.4, -0.2) is 33.3 Å². The molecule has 2 fully saturated rings. The van der Waals surface area contributed by atoms with Crippen molar-refractivity contribution in [1.82, 2.24) is 5.32 Å². The number of aliphatic hydroxyl groups excluding tert-OH is 1. The van der Waals surface area contributed by atoms with Crippen molar-refractivity contribution < 1.29 is 5.11 Å². The molecule has 1 aliphatic carbocycles. The van der Waals surface area contributed by atoms with Crippen LogP contribution in [-0.2, 0) is 0 Å². The first-order valence-electron chi connectivity index (χ1n) is 9.45. The molecular formula is C20H31NOS2. The van der Waals surface area contributed by atoms with Crippen LogP contribution in [0.4, 0.5) is 0 Å². The number of rotatable bonds is 7. The lowest BCUT2D eigenvalue weighted by Crippen LogP contribution is -2.38. The van der Waals surface area contributed by atoms with E-state index < -0.39 is 6.10 Å². The number of nitrogens with one attached hydrogen (secondary N) is 1. The van der Waals surface area contributed by atoms with E-state index in [1.54, 1.807) is 0 Å². The van der Waals surface area contributed by atoms with Crippen molar-refractivity contribution >= 4 is 23.5 Å². The Morgan fingerprint density at radius 1 is 1.12 bits per heavy atom. The molecule has 1 aromatic rings. The minimum Gasteiger partial charge on any atom is -0.387 e. The fourth-order valence-electron chi connectivity index (χ4n) is 4.12. The summed E-state index contributed by atoms with van der Waals surface area (Å²) in [6, 6.07) is 10.1. The van der Waals surface area contributed by atoms with Crippen LogP contribution in [0.25, 0.3) is 0 Å². The van der Waals surface area contributed by atoms with Crippen LogP contribution >= 0.6 is 23.5 Å². The second-order valence-corrected chi connectivity index (χ2v) is 10.3. The van der Waals surface area contributed by atoms with Gasteiger partial charge in [0, 0.05) is 17.5 Å². The molecule has 3 rings (SSSR count). The predicted octanol–water partition coefficient (Wildman–Crippen LogP) is 4.84. The maximum absolute atomic E-state index is 10.5. The Balaban J connectivity index is 1.52. The zero-order valence-electron chi connectivity index (χ0n) is 14.7. The molecular weight excluding hydrogens is 334 g/mol. The molecule has 2 nitrogen and oxygen atoms in total. The van der Waals surface area contributed by atoms with E-state index in [0.717, 1.165) is 18.0 Å². The third kappa shape index (κ3) is 4.51. The van der Waals surface area contributed by atoms with Gasteiger partial charge in [-0.15, -0.1) is 23.5 Å². The van der Waals surface area contributed by atoms with Crippen molar-refractivity contribution in [3.05, 3.63) is 35.9 Å². The average Bonchev–Trinajstić information content (AvgIpc) is 3.12. The molecule has 0 bridgehead atoms. The van der Waals surface area contributed by atoms with Crippen molar-refractivity contribution in [2.75, 3.05) is 18.1 Å². The number of benzene rings is 1. The molecule has 2 atom stereocenters. The van der Waals surface area contributed by atoms with Crippen LogP contribution in [0.2, 0.25) is 0 Å². The maximum atomic E-state index is 10.5. The zero-order valence-corrected chi connectivity index (χ0v) is 16.4. The highest BCUT2D eigenvalue weighted by Gasteiger charge is 2.42. The third-order valence-corrected chi connectivity index (χ3v) is 9.39. The topological polar surface area (TPSA) is 32.3 Å². The standard InChI is InChI=1S/C20H31NOS2/c1-16(19(22)17-8-4-2-5-9-17)21-13-12-20(23-14-15-24-20)18-10-6-3-7-11-18/h2,4-5,8-9,16,18-19,21-22H,3,6-7,10-15H2,1H3. The number of hydrogen-bond acceptors (Lipinski definition) is 4. The Labute approximate surface area is 155 Å². The molecule has 1 aromatic carbocycles. The molecule has 1 saturated carbocycles. The van der Waals surface area contributed by atoms with Crippen LogP contribution < -0.4 is 5.32 Å². The Kier molecular flexibility index (Phi) is 6.97. The van der Waals surface area contributed by atoms with E-state index >= 15 is 0 Å². The molecule has 2 N–H and O–H groups in total. The van der Waals surface area contributed by atoms with Crippen LogP contribution in [0.1, 0.15) is 57.1 Å². The van der Waals surface area contributed by atoms with E-state index in [1.807, 2.05) is 30.3 Å². The maximum Gasteiger partial charge on any atom is 0.0940 e. The summed E-state index contributed by atoms with van der Waals surface area (Å²) in [6.45, 7) is 3.10. The lowest BCUT2D eigenvalue weighted by molar-refractivity contribution is 0.135. The van der Waals surface area contributed by atoms with Crippen LogP contribution in [0.15, 0.2) is 30.3 Å². The first kappa shape index (κ1) is 18.6. The van der Waals surface area contributed by atoms with Crippen LogP contribution in [0.3, 0.4) is 0 Å². The van der Waals surface area contributed by atoms with Gasteiger partial charge in [0.1, 0.15) is 0 Å². The zero-order chi connectivity index (χ0) is 16.8. The quantitative estimate of drug-likeness (QED) is 0.724. The summed E-state index contributed by atoms with van der Waals surface area (Å²) >= 11 is 4.43. The summed E-state index contributed by atoms with van der Waals surface area (Å²) in [4.78, 5) is 0. The number of thioether (sulfide) groups is 2. The summed E-state index contributed by atoms with van der Waals surface area (Å²) in [5, 5.41) is 14.1. The van der Waals surface area contributed by atoms with Gasteiger partial charge in [0.2, 0.25) is 0 Å². The van der Waals surface area contributed by atoms with Crippen LogP contribution in [0.5, 0.6) is 0 Å². The SMILES string of the molecule is CC(NCCC1(C2CCCCC2)SCCS1)C(O)c1ccccc1. The van der Waals surface area contributed by atoms with Gasteiger partial charge >= 0.3 is 0 Å². The highest BCUT2D eigenvalue weighted by molar-refractivity contribution is 8.21. The largest absolute Gasteiger partial charge is 0.387 e. The number of hydrogen-bond donors (Lipinski definition) is 2. The first-order valence-corrected chi connectivity index (χ1v) is 11.4. The summed E-state index contributed by atoms with van der Waals surface area (Å²) in [6.07, 6.45) is 7.90. The molecule has 0 spiro atoms. The molecule has 2 aliphatic rings. The second-order valence-electron chi connectivity index (χ2n) is 7.19. The van der Waals surface area contributed by atoms with E-state index in [4.69, 9.17) is 0 Å². The Morgan fingerprint density at radius 2 is 1.79 bits per heavy atom. The van der Waals surface area contributed by atoms with Crippen molar-refractivity contribution in [3.63, 3.8) is 0 Å². The molecule has 0 amide bonds. The molecule has 134 valence electrons. The second kappa shape index (κ2) is 8.98. The minimum atomic E-state index is -0.430. The van der Waals surface area contributed by atoms with Gasteiger partial charge in [-0.3, -0.25) is 0 Å². The summed E-state index contributed by atoms with van der Waals surface area (Å²) in [5.74, 6) is 3.51. The lowest BCUT2D eigenvalue weighted by Gasteiger charge is -2.39. The van der Waals surface area contributed by atoms with Gasteiger partial charge in [-0.2, -0.15) is 0 Å². The minimum absolute atomic E-state index is 0.0900. The van der Waals surface area contributed by atoms with Gasteiger partial charge in [-0.05, 0) is 44.2 Å². The van der Waals surface area contributed by atoms with Crippen molar-refractivity contribution in [2.24, 2.45) is 5.92 Å². The van der Waals surface area contributed by atoms with Gasteiger partial charge in [-0.1, -0.05) is 49.6 Å². The van der Waals surface area contributed by atoms with E-state index in [9.17, 15) is 5.11 Å². The summed E-state index contributed by atoms with van der Waals surface area (Å²) in [7, 11) is 0. The monoisotopic (exact) mass is 365 g/mol. The van der Waals surface area contributed by atoms with Gasteiger partial charge in [0.25, 0.3) is 0 Å². The molecule has 1 heterocycles. The van der Waals surface area contributed by atoms with E-state index in [0.29, 0.717) is 4.08 Å². The van der Waals surface area contributed by atoms with E-state index in [2.05, 4.69) is 35.8 Å². The smallest absolute Gasteiger partial charge is 0.0940 e. The third-order valence-electron chi connectivity index (χ3n) is 5.56. The van der Waals surface area contributed by atoms with Gasteiger partial charge < -0.3 is 10.4 Å². The predicted molar refractivity (Wildman–Crippen MR) is 108 cm³/mol. The highest BCUT2D eigenvalue weighted by atomic mass is 32.2. The fraction of sp³-hybridized carbons (Fsp3) is 0.700. The lowest BCUT2D eigenvalue weighted by atomic mass is 9.85. The Bertz CT molecular complexity index is 484. The molecule has 4 heteroatoms. The Morgan fingerprint density at radius 3 is 2.46 bits per heavy atom. The normalized spacial score (nSPS) is 23.9. The van der Waals surface area contributed by atoms with Gasteiger partial charge in [0.05, 0.1) is 10.2 Å². The molecule has 1 aliphatic heterocycles. The van der Waals surface area contributed by atoms with Crippen molar-refractivity contribution in [2.45, 2.75) is 61.7 Å². The first-order chi connectivity index (χ1) is 11.7. The number of aliphatic hydroxyl groups is 1. The highest BCUT2D eigenvalue weighted by Crippen LogP contribution is 2.55. The fourth-order valence-corrected chi connectivity index (χ4v) is 7.75. The van der Waals surface area contributed by atoms with Crippen molar-refractivity contribution in [3.8, 4) is 0 Å². The van der Waals surface area contributed by atoms with Gasteiger partial charge in [0.15, 0.2) is 0 Å². The summed E-state index contributed by atoms with van der Waals surface area (Å²) in [5.41, 5.74) is 1.00. The van der Waals surface area contributed by atoms with E-state index in [1.165, 1.54) is 50.0 Å². The molecule has 1 saturated heterocycles. The molecule has 2 unspecified atom stereocenters.